The number of halogens is 1. The number of rotatable bonds is 6. The Bertz CT molecular complexity index is 1080. The fourth-order valence-corrected chi connectivity index (χ4v) is 3.09. The van der Waals surface area contributed by atoms with Crippen LogP contribution in [0.25, 0.3) is 6.08 Å². The summed E-state index contributed by atoms with van der Waals surface area (Å²) in [5, 5.41) is 14.4. The summed E-state index contributed by atoms with van der Waals surface area (Å²) >= 11 is 6.49. The Morgan fingerprint density at radius 2 is 2.00 bits per heavy atom. The topological polar surface area (TPSA) is 67.9 Å². The van der Waals surface area contributed by atoms with Crippen molar-refractivity contribution >= 4 is 23.5 Å². The van der Waals surface area contributed by atoms with Crippen LogP contribution in [-0.2, 0) is 6.54 Å². The second-order valence-corrected chi connectivity index (χ2v) is 6.52. The predicted octanol–water partition coefficient (Wildman–Crippen LogP) is 4.69. The number of benzene rings is 2. The van der Waals surface area contributed by atoms with E-state index in [1.54, 1.807) is 35.9 Å². The van der Waals surface area contributed by atoms with Gasteiger partial charge in [-0.25, -0.2) is 4.68 Å². The molecular formula is C22H18ClN3O2. The van der Waals surface area contributed by atoms with Gasteiger partial charge in [0.25, 0.3) is 0 Å². The number of ether oxygens (including phenoxy) is 1. The summed E-state index contributed by atoms with van der Waals surface area (Å²) in [6, 6.07) is 18.5. The van der Waals surface area contributed by atoms with Crippen LogP contribution in [0.5, 0.6) is 5.75 Å². The zero-order valence-electron chi connectivity index (χ0n) is 15.5. The third kappa shape index (κ3) is 4.13. The molecule has 0 bridgehead atoms. The summed E-state index contributed by atoms with van der Waals surface area (Å²) in [4.78, 5) is 12.8. The second-order valence-electron chi connectivity index (χ2n) is 6.16. The van der Waals surface area contributed by atoms with Gasteiger partial charge in [0.15, 0.2) is 0 Å². The first-order chi connectivity index (χ1) is 13.5. The smallest absolute Gasteiger partial charge is 0.203 e. The molecule has 2 aromatic carbocycles. The van der Waals surface area contributed by atoms with Gasteiger partial charge in [-0.05, 0) is 30.7 Å². The molecular weight excluding hydrogens is 374 g/mol. The molecule has 3 rings (SSSR count). The van der Waals surface area contributed by atoms with Crippen LogP contribution in [0.1, 0.15) is 27.2 Å². The molecule has 3 aromatic rings. The van der Waals surface area contributed by atoms with Crippen molar-refractivity contribution in [3.8, 4) is 11.8 Å². The summed E-state index contributed by atoms with van der Waals surface area (Å²) in [6.07, 6.45) is 1.49. The number of Topliss-reactive ketones (excluding diaryl/α,β-unsaturated/α-hetero) is 1. The Kier molecular flexibility index (Phi) is 5.93. The van der Waals surface area contributed by atoms with Crippen molar-refractivity contribution < 1.29 is 9.53 Å². The van der Waals surface area contributed by atoms with Crippen molar-refractivity contribution in [1.29, 1.82) is 5.26 Å². The normalized spacial score (nSPS) is 11.1. The fraction of sp³-hybridized carbons (Fsp3) is 0.136. The summed E-state index contributed by atoms with van der Waals surface area (Å²) in [5.74, 6) is 0.153. The molecule has 0 aliphatic heterocycles. The number of hydrogen-bond donors (Lipinski definition) is 0. The number of nitriles is 1. The molecule has 0 saturated carbocycles. The SMILES string of the molecule is COc1cccc(C(=O)/C(C#N)=C/c2c(C)nn(Cc3ccccc3)c2Cl)c1. The Labute approximate surface area is 168 Å². The molecule has 140 valence electrons. The van der Waals surface area contributed by atoms with E-state index < -0.39 is 5.78 Å². The van der Waals surface area contributed by atoms with Crippen molar-refractivity contribution in [1.82, 2.24) is 9.78 Å². The minimum Gasteiger partial charge on any atom is -0.497 e. The zero-order valence-corrected chi connectivity index (χ0v) is 16.3. The Balaban J connectivity index is 1.94. The van der Waals surface area contributed by atoms with E-state index >= 15 is 0 Å². The predicted molar refractivity (Wildman–Crippen MR) is 108 cm³/mol. The van der Waals surface area contributed by atoms with Crippen LogP contribution in [-0.4, -0.2) is 22.7 Å². The first-order valence-corrected chi connectivity index (χ1v) is 8.98. The van der Waals surface area contributed by atoms with Crippen LogP contribution < -0.4 is 4.74 Å². The molecule has 5 nitrogen and oxygen atoms in total. The maximum atomic E-state index is 12.8. The molecule has 0 fully saturated rings. The highest BCUT2D eigenvalue weighted by atomic mass is 35.5. The van der Waals surface area contributed by atoms with Gasteiger partial charge in [-0.1, -0.05) is 54.1 Å². The molecule has 1 heterocycles. The minimum absolute atomic E-state index is 0.0162. The molecule has 0 saturated heterocycles. The summed E-state index contributed by atoms with van der Waals surface area (Å²) in [6.45, 7) is 2.30. The van der Waals surface area contributed by atoms with E-state index in [-0.39, 0.29) is 5.57 Å². The Morgan fingerprint density at radius 3 is 2.68 bits per heavy atom. The molecule has 0 unspecified atom stereocenters. The van der Waals surface area contributed by atoms with Crippen molar-refractivity contribution in [3.63, 3.8) is 0 Å². The molecule has 0 amide bonds. The lowest BCUT2D eigenvalue weighted by Crippen LogP contribution is -2.03. The van der Waals surface area contributed by atoms with Gasteiger partial charge in [0.2, 0.25) is 5.78 Å². The van der Waals surface area contributed by atoms with Crippen molar-refractivity contribution in [2.75, 3.05) is 7.11 Å². The number of nitrogens with zero attached hydrogens (tertiary/aromatic N) is 3. The van der Waals surface area contributed by atoms with E-state index in [2.05, 4.69) is 5.10 Å². The van der Waals surface area contributed by atoms with Gasteiger partial charge < -0.3 is 4.74 Å². The quantitative estimate of drug-likeness (QED) is 0.347. The third-order valence-electron chi connectivity index (χ3n) is 4.27. The molecule has 0 aliphatic rings. The van der Waals surface area contributed by atoms with Crippen molar-refractivity contribution in [3.05, 3.63) is 87.7 Å². The van der Waals surface area contributed by atoms with Gasteiger partial charge in [0.1, 0.15) is 22.5 Å². The number of aromatic nitrogens is 2. The first kappa shape index (κ1) is 19.4. The zero-order chi connectivity index (χ0) is 20.1. The van der Waals surface area contributed by atoms with Crippen LogP contribution in [0.15, 0.2) is 60.2 Å². The number of hydrogen-bond acceptors (Lipinski definition) is 4. The van der Waals surface area contributed by atoms with Gasteiger partial charge in [-0.15, -0.1) is 0 Å². The molecule has 0 aliphatic carbocycles. The molecule has 0 radical (unpaired) electrons. The van der Waals surface area contributed by atoms with Crippen molar-refractivity contribution in [2.45, 2.75) is 13.5 Å². The summed E-state index contributed by atoms with van der Waals surface area (Å²) in [5.41, 5.74) is 2.61. The largest absolute Gasteiger partial charge is 0.497 e. The van der Waals surface area contributed by atoms with Gasteiger partial charge in [0, 0.05) is 11.1 Å². The van der Waals surface area contributed by atoms with Crippen LogP contribution in [0.3, 0.4) is 0 Å². The molecule has 0 spiro atoms. The molecule has 0 atom stereocenters. The molecule has 1 aromatic heterocycles. The van der Waals surface area contributed by atoms with Gasteiger partial charge in [0.05, 0.1) is 19.3 Å². The number of carbonyl (C=O) groups is 1. The maximum absolute atomic E-state index is 12.8. The standard InChI is InChI=1S/C22H18ClN3O2/c1-15-20(22(23)26(25-15)14-16-7-4-3-5-8-16)12-18(13-24)21(27)17-9-6-10-19(11-17)28-2/h3-12H,14H2,1-2H3/b18-12+. The van der Waals surface area contributed by atoms with E-state index in [0.717, 1.165) is 5.56 Å². The minimum atomic E-state index is -0.396. The Morgan fingerprint density at radius 1 is 1.25 bits per heavy atom. The van der Waals surface area contributed by atoms with E-state index in [0.29, 0.717) is 34.3 Å². The molecule has 0 N–H and O–H groups in total. The lowest BCUT2D eigenvalue weighted by molar-refractivity contribution is 0.103. The van der Waals surface area contributed by atoms with Gasteiger partial charge in [-0.2, -0.15) is 10.4 Å². The second kappa shape index (κ2) is 8.55. The maximum Gasteiger partial charge on any atom is 0.203 e. The van der Waals surface area contributed by atoms with Crippen LogP contribution in [0.4, 0.5) is 0 Å². The monoisotopic (exact) mass is 391 g/mol. The summed E-state index contributed by atoms with van der Waals surface area (Å²) in [7, 11) is 1.52. The summed E-state index contributed by atoms with van der Waals surface area (Å²) < 4.78 is 6.80. The highest BCUT2D eigenvalue weighted by molar-refractivity contribution is 6.31. The van der Waals surface area contributed by atoms with Crippen LogP contribution in [0.2, 0.25) is 5.15 Å². The van der Waals surface area contributed by atoms with Crippen LogP contribution >= 0.6 is 11.6 Å². The number of aryl methyl sites for hydroxylation is 1. The Hall–Kier alpha value is -3.36. The number of methoxy groups -OCH3 is 1. The number of ketones is 1. The van der Waals surface area contributed by atoms with E-state index in [1.807, 2.05) is 36.4 Å². The number of allylic oxidation sites excluding steroid dienone is 1. The van der Waals surface area contributed by atoms with E-state index in [9.17, 15) is 10.1 Å². The third-order valence-corrected chi connectivity index (χ3v) is 4.67. The average Bonchev–Trinajstić information content (AvgIpc) is 2.99. The highest BCUT2D eigenvalue weighted by Crippen LogP contribution is 2.25. The van der Waals surface area contributed by atoms with Crippen molar-refractivity contribution in [2.24, 2.45) is 0 Å². The highest BCUT2D eigenvalue weighted by Gasteiger charge is 2.17. The fourth-order valence-electron chi connectivity index (χ4n) is 2.81. The van der Waals surface area contributed by atoms with Gasteiger partial charge >= 0.3 is 0 Å². The molecule has 6 heteroatoms. The number of carbonyl (C=O) groups excluding carboxylic acids is 1. The van der Waals surface area contributed by atoms with Crippen LogP contribution in [0, 0.1) is 18.3 Å². The first-order valence-electron chi connectivity index (χ1n) is 8.61. The lowest BCUT2D eigenvalue weighted by atomic mass is 10.0. The lowest BCUT2D eigenvalue weighted by Gasteiger charge is -2.04. The van der Waals surface area contributed by atoms with Gasteiger partial charge in [-0.3, -0.25) is 4.79 Å². The van der Waals surface area contributed by atoms with E-state index in [4.69, 9.17) is 16.3 Å². The average molecular weight is 392 g/mol. The molecule has 28 heavy (non-hydrogen) atoms. The van der Waals surface area contributed by atoms with E-state index in [1.165, 1.54) is 13.2 Å².